The summed E-state index contributed by atoms with van der Waals surface area (Å²) < 4.78 is 0. The fourth-order valence-corrected chi connectivity index (χ4v) is 3.52. The van der Waals surface area contributed by atoms with Crippen molar-refractivity contribution in [2.24, 2.45) is 5.92 Å². The summed E-state index contributed by atoms with van der Waals surface area (Å²) in [7, 11) is 3.90. The molecule has 2 aromatic carbocycles. The summed E-state index contributed by atoms with van der Waals surface area (Å²) in [5.74, 6) is 0.441. The number of benzene rings is 2. The Bertz CT molecular complexity index is 768. The predicted molar refractivity (Wildman–Crippen MR) is 115 cm³/mol. The molecule has 150 valence electrons. The molecule has 0 atom stereocenters. The van der Waals surface area contributed by atoms with Crippen LogP contribution in [-0.2, 0) is 6.54 Å². The van der Waals surface area contributed by atoms with E-state index in [0.29, 0.717) is 19.1 Å². The van der Waals surface area contributed by atoms with Crippen molar-refractivity contribution in [2.45, 2.75) is 19.4 Å². The number of carbonyl (C=O) groups excluding carboxylic acids is 1. The third-order valence-corrected chi connectivity index (χ3v) is 5.26. The number of nitrogens with zero attached hydrogens (tertiary/aromatic N) is 2. The molecule has 0 radical (unpaired) electrons. The standard InChI is InChI=1S/C22H30N4O2/c1-25(2)21-6-4-3-5-20(21)24-22(28)23-15-17-7-9-19(10-8-17)26-13-11-18(16-27)12-14-26/h3-10,18,27H,11-16H2,1-2H3,(H2,23,24,28). The van der Waals surface area contributed by atoms with E-state index in [4.69, 9.17) is 0 Å². The molecule has 2 aromatic rings. The third kappa shape index (κ3) is 5.16. The Labute approximate surface area is 167 Å². The van der Waals surface area contributed by atoms with Crippen molar-refractivity contribution in [3.05, 3.63) is 54.1 Å². The first-order chi connectivity index (χ1) is 13.6. The molecule has 2 amide bonds. The van der Waals surface area contributed by atoms with Crippen molar-refractivity contribution < 1.29 is 9.90 Å². The van der Waals surface area contributed by atoms with Crippen molar-refractivity contribution in [3.8, 4) is 0 Å². The highest BCUT2D eigenvalue weighted by Crippen LogP contribution is 2.24. The van der Waals surface area contributed by atoms with E-state index in [-0.39, 0.29) is 6.03 Å². The average molecular weight is 383 g/mol. The number of aliphatic hydroxyl groups is 1. The lowest BCUT2D eigenvalue weighted by Gasteiger charge is -2.33. The minimum Gasteiger partial charge on any atom is -0.396 e. The molecule has 3 rings (SSSR count). The fraction of sp³-hybridized carbons (Fsp3) is 0.409. The second-order valence-electron chi connectivity index (χ2n) is 7.50. The van der Waals surface area contributed by atoms with Gasteiger partial charge in [-0.05, 0) is 48.6 Å². The number of hydrogen-bond acceptors (Lipinski definition) is 4. The molecule has 0 saturated carbocycles. The minimum atomic E-state index is -0.218. The van der Waals surface area contributed by atoms with Gasteiger partial charge in [0.05, 0.1) is 11.4 Å². The van der Waals surface area contributed by atoms with Crippen LogP contribution in [0.2, 0.25) is 0 Å². The Morgan fingerprint density at radius 2 is 1.79 bits per heavy atom. The fourth-order valence-electron chi connectivity index (χ4n) is 3.52. The summed E-state index contributed by atoms with van der Waals surface area (Å²) in [5.41, 5.74) is 4.01. The molecule has 0 aromatic heterocycles. The molecule has 0 unspecified atom stereocenters. The van der Waals surface area contributed by atoms with Crippen molar-refractivity contribution >= 4 is 23.1 Å². The van der Waals surface area contributed by atoms with Gasteiger partial charge < -0.3 is 25.5 Å². The Kier molecular flexibility index (Phi) is 6.76. The smallest absolute Gasteiger partial charge is 0.319 e. The van der Waals surface area contributed by atoms with Crippen LogP contribution < -0.4 is 20.4 Å². The lowest BCUT2D eigenvalue weighted by Crippen LogP contribution is -2.34. The highest BCUT2D eigenvalue weighted by Gasteiger charge is 2.18. The van der Waals surface area contributed by atoms with Gasteiger partial charge in [0.2, 0.25) is 0 Å². The van der Waals surface area contributed by atoms with Gasteiger partial charge in [0, 0.05) is 46.0 Å². The second-order valence-corrected chi connectivity index (χ2v) is 7.50. The maximum Gasteiger partial charge on any atom is 0.319 e. The van der Waals surface area contributed by atoms with E-state index in [1.807, 2.05) is 43.3 Å². The van der Waals surface area contributed by atoms with Crippen LogP contribution in [-0.4, -0.2) is 44.9 Å². The van der Waals surface area contributed by atoms with E-state index in [0.717, 1.165) is 42.9 Å². The number of nitrogens with one attached hydrogen (secondary N) is 2. The molecule has 3 N–H and O–H groups in total. The number of urea groups is 1. The van der Waals surface area contributed by atoms with E-state index in [2.05, 4.69) is 39.8 Å². The van der Waals surface area contributed by atoms with Gasteiger partial charge in [-0.1, -0.05) is 24.3 Å². The Balaban J connectivity index is 1.50. The molecule has 1 saturated heterocycles. The third-order valence-electron chi connectivity index (χ3n) is 5.26. The van der Waals surface area contributed by atoms with Crippen LogP contribution in [0, 0.1) is 5.92 Å². The zero-order chi connectivity index (χ0) is 19.9. The van der Waals surface area contributed by atoms with Gasteiger partial charge in [-0.15, -0.1) is 0 Å². The lowest BCUT2D eigenvalue weighted by molar-refractivity contribution is 0.203. The first-order valence-corrected chi connectivity index (χ1v) is 9.83. The number of aliphatic hydroxyl groups excluding tert-OH is 1. The van der Waals surface area contributed by atoms with Crippen molar-refractivity contribution in [1.29, 1.82) is 0 Å². The number of rotatable bonds is 6. The van der Waals surface area contributed by atoms with Crippen LogP contribution in [0.4, 0.5) is 21.9 Å². The number of anilines is 3. The molecule has 0 spiro atoms. The molecular formula is C22H30N4O2. The first-order valence-electron chi connectivity index (χ1n) is 9.83. The summed E-state index contributed by atoms with van der Waals surface area (Å²) >= 11 is 0. The Morgan fingerprint density at radius 3 is 2.43 bits per heavy atom. The van der Waals surface area contributed by atoms with Crippen LogP contribution in [0.25, 0.3) is 0 Å². The highest BCUT2D eigenvalue weighted by atomic mass is 16.3. The van der Waals surface area contributed by atoms with Gasteiger partial charge in [-0.25, -0.2) is 4.79 Å². The zero-order valence-electron chi connectivity index (χ0n) is 16.7. The molecule has 0 bridgehead atoms. The van der Waals surface area contributed by atoms with Crippen LogP contribution >= 0.6 is 0 Å². The van der Waals surface area contributed by atoms with E-state index in [1.54, 1.807) is 0 Å². The summed E-state index contributed by atoms with van der Waals surface area (Å²) in [6.45, 7) is 2.73. The Hall–Kier alpha value is -2.73. The SMILES string of the molecule is CN(C)c1ccccc1NC(=O)NCc1ccc(N2CCC(CO)CC2)cc1. The zero-order valence-corrected chi connectivity index (χ0v) is 16.7. The van der Waals surface area contributed by atoms with Gasteiger partial charge in [0.15, 0.2) is 0 Å². The van der Waals surface area contributed by atoms with Crippen LogP contribution in [0.3, 0.4) is 0 Å². The molecule has 1 aliphatic rings. The summed E-state index contributed by atoms with van der Waals surface area (Å²) in [5, 5.41) is 15.1. The topological polar surface area (TPSA) is 67.8 Å². The van der Waals surface area contributed by atoms with Gasteiger partial charge in [-0.3, -0.25) is 0 Å². The highest BCUT2D eigenvalue weighted by molar-refractivity contribution is 5.93. The number of hydrogen-bond donors (Lipinski definition) is 3. The number of carbonyl (C=O) groups is 1. The largest absolute Gasteiger partial charge is 0.396 e. The molecule has 6 heteroatoms. The van der Waals surface area contributed by atoms with Crippen LogP contribution in [0.15, 0.2) is 48.5 Å². The Morgan fingerprint density at radius 1 is 1.11 bits per heavy atom. The molecular weight excluding hydrogens is 352 g/mol. The lowest BCUT2D eigenvalue weighted by atomic mass is 9.97. The predicted octanol–water partition coefficient (Wildman–Crippen LogP) is 3.28. The summed E-state index contributed by atoms with van der Waals surface area (Å²) in [4.78, 5) is 16.6. The van der Waals surface area contributed by atoms with Gasteiger partial charge in [0.25, 0.3) is 0 Å². The van der Waals surface area contributed by atoms with Crippen molar-refractivity contribution in [2.75, 3.05) is 48.9 Å². The van der Waals surface area contributed by atoms with E-state index >= 15 is 0 Å². The minimum absolute atomic E-state index is 0.218. The second kappa shape index (κ2) is 9.46. The quantitative estimate of drug-likeness (QED) is 0.717. The monoisotopic (exact) mass is 382 g/mol. The molecule has 1 heterocycles. The van der Waals surface area contributed by atoms with Crippen LogP contribution in [0.5, 0.6) is 0 Å². The average Bonchev–Trinajstić information content (AvgIpc) is 2.73. The molecule has 6 nitrogen and oxygen atoms in total. The molecule has 28 heavy (non-hydrogen) atoms. The molecule has 1 fully saturated rings. The van der Waals surface area contributed by atoms with Gasteiger partial charge >= 0.3 is 6.03 Å². The molecule has 0 aliphatic carbocycles. The van der Waals surface area contributed by atoms with Crippen molar-refractivity contribution in [3.63, 3.8) is 0 Å². The number of piperidine rings is 1. The number of para-hydroxylation sites is 2. The maximum absolute atomic E-state index is 12.3. The number of amides is 2. The summed E-state index contributed by atoms with van der Waals surface area (Å²) in [6.07, 6.45) is 2.07. The van der Waals surface area contributed by atoms with Crippen LogP contribution in [0.1, 0.15) is 18.4 Å². The van der Waals surface area contributed by atoms with E-state index in [1.165, 1.54) is 5.69 Å². The van der Waals surface area contributed by atoms with E-state index in [9.17, 15) is 9.90 Å². The summed E-state index contributed by atoms with van der Waals surface area (Å²) in [6, 6.07) is 15.8. The first kappa shape index (κ1) is 20.0. The van der Waals surface area contributed by atoms with Crippen molar-refractivity contribution in [1.82, 2.24) is 5.32 Å². The van der Waals surface area contributed by atoms with Gasteiger partial charge in [-0.2, -0.15) is 0 Å². The normalized spacial score (nSPS) is 14.6. The maximum atomic E-state index is 12.3. The van der Waals surface area contributed by atoms with Gasteiger partial charge in [0.1, 0.15) is 0 Å². The molecule has 1 aliphatic heterocycles. The van der Waals surface area contributed by atoms with E-state index < -0.39 is 0 Å².